The summed E-state index contributed by atoms with van der Waals surface area (Å²) in [4.78, 5) is 13.9. The van der Waals surface area contributed by atoms with Crippen molar-refractivity contribution >= 4 is 17.9 Å². The first-order valence-electron chi connectivity index (χ1n) is 11.0. The molecule has 0 aliphatic carbocycles. The molecule has 1 aliphatic heterocycles. The molecule has 1 heterocycles. The molecule has 1 fully saturated rings. The molecule has 2 atom stereocenters. The summed E-state index contributed by atoms with van der Waals surface area (Å²) in [7, 11) is 0. The first kappa shape index (κ1) is 24.1. The lowest BCUT2D eigenvalue weighted by molar-refractivity contribution is 0.0275. The van der Waals surface area contributed by atoms with Gasteiger partial charge in [0, 0.05) is 25.1 Å². The predicted molar refractivity (Wildman–Crippen MR) is 128 cm³/mol. The van der Waals surface area contributed by atoms with E-state index in [1.54, 1.807) is 47.4 Å². The van der Waals surface area contributed by atoms with E-state index in [-0.39, 0.29) is 12.2 Å². The van der Waals surface area contributed by atoms with Crippen molar-refractivity contribution in [3.63, 3.8) is 0 Å². The second kappa shape index (κ2) is 10.4. The van der Waals surface area contributed by atoms with Gasteiger partial charge < -0.3 is 25.2 Å². The fraction of sp³-hybridized carbons (Fsp3) is 0.385. The molecule has 1 amide bonds. The van der Waals surface area contributed by atoms with Gasteiger partial charge >= 0.3 is 6.09 Å². The molecule has 3 rings (SSSR count). The minimum Gasteiger partial charge on any atom is -0.489 e. The molecule has 2 aromatic carbocycles. The highest BCUT2D eigenvalue weighted by molar-refractivity contribution is 5.68. The molecule has 0 bridgehead atoms. The third-order valence-corrected chi connectivity index (χ3v) is 5.17. The molecule has 174 valence electrons. The van der Waals surface area contributed by atoms with Crippen LogP contribution in [0, 0.1) is 11.3 Å². The molecule has 1 saturated heterocycles. The number of nitrogens with two attached hydrogens (primary N) is 1. The third-order valence-electron chi connectivity index (χ3n) is 5.17. The monoisotopic (exact) mass is 449 g/mol. The van der Waals surface area contributed by atoms with Gasteiger partial charge in [0.1, 0.15) is 17.5 Å². The van der Waals surface area contributed by atoms with Crippen LogP contribution in [0.2, 0.25) is 0 Å². The molecule has 2 aromatic rings. The number of nitriles is 1. The molecule has 2 unspecified atom stereocenters. The van der Waals surface area contributed by atoms with Crippen LogP contribution >= 0.6 is 0 Å². The van der Waals surface area contributed by atoms with Gasteiger partial charge in [-0.25, -0.2) is 4.79 Å². The lowest BCUT2D eigenvalue weighted by atomic mass is 10.0. The van der Waals surface area contributed by atoms with E-state index in [9.17, 15) is 9.90 Å². The average Bonchev–Trinajstić information content (AvgIpc) is 3.22. The summed E-state index contributed by atoms with van der Waals surface area (Å²) in [6.07, 6.45) is 3.29. The zero-order valence-electron chi connectivity index (χ0n) is 19.3. The zero-order chi connectivity index (χ0) is 24.0. The zero-order valence-corrected chi connectivity index (χ0v) is 19.3. The smallest absolute Gasteiger partial charge is 0.410 e. The fourth-order valence-corrected chi connectivity index (χ4v) is 3.57. The Morgan fingerprint density at radius 1 is 1.33 bits per heavy atom. The summed E-state index contributed by atoms with van der Waals surface area (Å²) in [5, 5.41) is 19.5. The van der Waals surface area contributed by atoms with Crippen LogP contribution in [0.4, 0.5) is 10.5 Å². The van der Waals surface area contributed by atoms with Gasteiger partial charge in [-0.2, -0.15) is 5.26 Å². The molecular weight excluding hydrogens is 418 g/mol. The number of aliphatic hydroxyl groups is 1. The van der Waals surface area contributed by atoms with Crippen molar-refractivity contribution in [2.24, 2.45) is 0 Å². The Hall–Kier alpha value is -3.50. The lowest BCUT2D eigenvalue weighted by Crippen LogP contribution is -2.36. The first-order valence-corrected chi connectivity index (χ1v) is 11.0. The number of ether oxygens (including phenoxy) is 2. The average molecular weight is 450 g/mol. The molecule has 0 spiro atoms. The minimum absolute atomic E-state index is 0.133. The van der Waals surface area contributed by atoms with Crippen LogP contribution in [0.25, 0.3) is 6.08 Å². The van der Waals surface area contributed by atoms with Crippen molar-refractivity contribution in [1.82, 2.24) is 4.90 Å². The third kappa shape index (κ3) is 7.26. The van der Waals surface area contributed by atoms with E-state index < -0.39 is 11.7 Å². The van der Waals surface area contributed by atoms with E-state index >= 15 is 0 Å². The van der Waals surface area contributed by atoms with Crippen LogP contribution in [0.1, 0.15) is 43.9 Å². The molecule has 0 radical (unpaired) electrons. The molecule has 3 N–H and O–H groups in total. The van der Waals surface area contributed by atoms with E-state index in [2.05, 4.69) is 6.07 Å². The minimum atomic E-state index is -0.748. The Kier molecular flexibility index (Phi) is 7.62. The number of aliphatic hydroxyl groups excluding tert-OH is 1. The normalized spacial score (nSPS) is 17.1. The Morgan fingerprint density at radius 2 is 2.12 bits per heavy atom. The van der Waals surface area contributed by atoms with Crippen LogP contribution in [0.3, 0.4) is 0 Å². The van der Waals surface area contributed by atoms with Crippen LogP contribution < -0.4 is 10.5 Å². The number of carbonyl (C=O) groups is 1. The molecule has 0 aromatic heterocycles. The van der Waals surface area contributed by atoms with Crippen molar-refractivity contribution < 1.29 is 19.4 Å². The standard InChI is InChI=1S/C26H31N3O4/c1-26(2,3)33-25(31)29-12-11-23(17-29)32-22-9-10-24(28)20(15-22)14-21(30)8-7-18-5-4-6-19(13-18)16-27/h4-10,13,15,21,23,30H,11-12,14,17,28H2,1-3H3/b8-7+. The van der Waals surface area contributed by atoms with Crippen molar-refractivity contribution in [1.29, 1.82) is 5.26 Å². The molecular formula is C26H31N3O4. The van der Waals surface area contributed by atoms with E-state index in [0.717, 1.165) is 11.1 Å². The maximum absolute atomic E-state index is 12.3. The highest BCUT2D eigenvalue weighted by Gasteiger charge is 2.31. The van der Waals surface area contributed by atoms with Gasteiger partial charge in [-0.3, -0.25) is 0 Å². The van der Waals surface area contributed by atoms with E-state index in [4.69, 9.17) is 20.5 Å². The molecule has 7 heteroatoms. The van der Waals surface area contributed by atoms with Crippen LogP contribution in [-0.2, 0) is 11.2 Å². The second-order valence-electron chi connectivity index (χ2n) is 9.18. The van der Waals surface area contributed by atoms with Gasteiger partial charge in [-0.15, -0.1) is 0 Å². The number of nitrogen functional groups attached to an aromatic ring is 1. The summed E-state index contributed by atoms with van der Waals surface area (Å²) in [6, 6.07) is 14.7. The highest BCUT2D eigenvalue weighted by atomic mass is 16.6. The maximum Gasteiger partial charge on any atom is 0.410 e. The number of rotatable bonds is 6. The molecule has 33 heavy (non-hydrogen) atoms. The van der Waals surface area contributed by atoms with Gasteiger partial charge in [0.15, 0.2) is 0 Å². The van der Waals surface area contributed by atoms with Gasteiger partial charge in [0.05, 0.1) is 24.3 Å². The quantitative estimate of drug-likeness (QED) is 0.642. The summed E-state index contributed by atoms with van der Waals surface area (Å²) >= 11 is 0. The molecule has 0 saturated carbocycles. The lowest BCUT2D eigenvalue weighted by Gasteiger charge is -2.24. The Labute approximate surface area is 195 Å². The van der Waals surface area contributed by atoms with Crippen molar-refractivity contribution in [2.75, 3.05) is 18.8 Å². The summed E-state index contributed by atoms with van der Waals surface area (Å²) in [5.74, 6) is 0.646. The van der Waals surface area contributed by atoms with E-state index in [0.29, 0.717) is 42.9 Å². The summed E-state index contributed by atoms with van der Waals surface area (Å²) < 4.78 is 11.5. The second-order valence-corrected chi connectivity index (χ2v) is 9.18. The number of carbonyl (C=O) groups excluding carboxylic acids is 1. The number of likely N-dealkylation sites (tertiary alicyclic amines) is 1. The first-order chi connectivity index (χ1) is 15.6. The largest absolute Gasteiger partial charge is 0.489 e. The van der Waals surface area contributed by atoms with Gasteiger partial charge in [-0.05, 0) is 62.2 Å². The SMILES string of the molecule is CC(C)(C)OC(=O)N1CCC(Oc2ccc(N)c(CC(O)/C=C/c3cccc(C#N)c3)c2)C1. The number of hydrogen-bond donors (Lipinski definition) is 2. The van der Waals surface area contributed by atoms with Gasteiger partial charge in [0.25, 0.3) is 0 Å². The van der Waals surface area contributed by atoms with Crippen molar-refractivity contribution in [2.45, 2.75) is 51.4 Å². The topological polar surface area (TPSA) is 109 Å². The van der Waals surface area contributed by atoms with Crippen molar-refractivity contribution in [3.05, 3.63) is 65.2 Å². The number of hydrogen-bond acceptors (Lipinski definition) is 6. The fourth-order valence-electron chi connectivity index (χ4n) is 3.57. The predicted octanol–water partition coefficient (Wildman–Crippen LogP) is 4.15. The Morgan fingerprint density at radius 3 is 2.85 bits per heavy atom. The number of benzene rings is 2. The number of nitrogens with zero attached hydrogens (tertiary/aromatic N) is 2. The summed E-state index contributed by atoms with van der Waals surface area (Å²) in [5.41, 5.74) is 8.34. The summed E-state index contributed by atoms with van der Waals surface area (Å²) in [6.45, 7) is 6.58. The maximum atomic E-state index is 12.3. The Bertz CT molecular complexity index is 1050. The highest BCUT2D eigenvalue weighted by Crippen LogP contribution is 2.25. The van der Waals surface area contributed by atoms with Crippen LogP contribution in [0.15, 0.2) is 48.5 Å². The van der Waals surface area contributed by atoms with Gasteiger partial charge in [-0.1, -0.05) is 24.3 Å². The Balaban J connectivity index is 1.59. The van der Waals surface area contributed by atoms with E-state index in [1.807, 2.05) is 32.9 Å². The van der Waals surface area contributed by atoms with E-state index in [1.165, 1.54) is 0 Å². The number of amides is 1. The molecule has 7 nitrogen and oxygen atoms in total. The molecule has 1 aliphatic rings. The van der Waals surface area contributed by atoms with Crippen LogP contribution in [-0.4, -0.2) is 47.0 Å². The van der Waals surface area contributed by atoms with Crippen molar-refractivity contribution in [3.8, 4) is 11.8 Å². The number of anilines is 1. The van der Waals surface area contributed by atoms with Crippen LogP contribution in [0.5, 0.6) is 5.75 Å². The van der Waals surface area contributed by atoms with Gasteiger partial charge in [0.2, 0.25) is 0 Å².